The first-order valence-corrected chi connectivity index (χ1v) is 9.16. The van der Waals surface area contributed by atoms with Crippen LogP contribution < -0.4 is 10.5 Å². The van der Waals surface area contributed by atoms with Gasteiger partial charge in [0, 0.05) is 29.4 Å². The number of imidazole rings is 1. The highest BCUT2D eigenvalue weighted by Gasteiger charge is 2.19. The molecule has 0 spiro atoms. The van der Waals surface area contributed by atoms with Crippen LogP contribution in [0, 0.1) is 5.82 Å². The van der Waals surface area contributed by atoms with E-state index in [1.54, 1.807) is 30.2 Å². The Bertz CT molecular complexity index is 1170. The lowest BCUT2D eigenvalue weighted by molar-refractivity contribution is 0.437. The fraction of sp³-hybridized carbons (Fsp3) is 0.105. The molecule has 0 fully saturated rings. The van der Waals surface area contributed by atoms with Crippen molar-refractivity contribution in [1.82, 2.24) is 19.7 Å². The van der Waals surface area contributed by atoms with E-state index in [1.165, 1.54) is 24.3 Å². The molecule has 0 bridgehead atoms. The third kappa shape index (κ3) is 4.03. The molecule has 2 heterocycles. The van der Waals surface area contributed by atoms with Gasteiger partial charge in [0.15, 0.2) is 11.6 Å². The van der Waals surface area contributed by atoms with E-state index in [1.807, 2.05) is 0 Å². The molecule has 0 radical (unpaired) electrons. The van der Waals surface area contributed by atoms with Crippen molar-refractivity contribution in [2.24, 2.45) is 7.05 Å². The van der Waals surface area contributed by atoms with Gasteiger partial charge in [-0.15, -0.1) is 10.2 Å². The van der Waals surface area contributed by atoms with Gasteiger partial charge >= 0.3 is 0 Å². The number of nitrogens with zero attached hydrogens (tertiary/aromatic N) is 4. The third-order valence-electron chi connectivity index (χ3n) is 4.09. The first kappa shape index (κ1) is 19.2. The van der Waals surface area contributed by atoms with Gasteiger partial charge in [0.25, 0.3) is 5.89 Å². The molecule has 4 rings (SSSR count). The summed E-state index contributed by atoms with van der Waals surface area (Å²) in [6.07, 6.45) is 3.27. The summed E-state index contributed by atoms with van der Waals surface area (Å²) in [7, 11) is 1.80. The van der Waals surface area contributed by atoms with Crippen molar-refractivity contribution in [1.29, 1.82) is 0 Å². The van der Waals surface area contributed by atoms with Gasteiger partial charge < -0.3 is 19.5 Å². The van der Waals surface area contributed by atoms with E-state index in [-0.39, 0.29) is 34.4 Å². The van der Waals surface area contributed by atoms with Crippen LogP contribution in [0.25, 0.3) is 11.6 Å². The summed E-state index contributed by atoms with van der Waals surface area (Å²) in [4.78, 5) is 4.00. The van der Waals surface area contributed by atoms with Crippen LogP contribution in [0.5, 0.6) is 11.5 Å². The minimum Gasteiger partial charge on any atom is -0.453 e. The van der Waals surface area contributed by atoms with E-state index in [0.717, 1.165) is 0 Å². The third-order valence-corrected chi connectivity index (χ3v) is 4.60. The number of ether oxygens (including phenoxy) is 1. The molecule has 0 aliphatic carbocycles. The number of aromatic nitrogens is 4. The predicted octanol–water partition coefficient (Wildman–Crippen LogP) is 4.88. The fourth-order valence-corrected chi connectivity index (χ4v) is 3.14. The number of halogens is 3. The summed E-state index contributed by atoms with van der Waals surface area (Å²) < 4.78 is 28.1. The molecule has 2 aromatic heterocycles. The highest BCUT2D eigenvalue weighted by atomic mass is 35.5. The van der Waals surface area contributed by atoms with Gasteiger partial charge in [-0.3, -0.25) is 0 Å². The summed E-state index contributed by atoms with van der Waals surface area (Å²) in [5.74, 6) is 0.0124. The Morgan fingerprint density at radius 3 is 2.76 bits per heavy atom. The average molecular weight is 434 g/mol. The molecule has 0 atom stereocenters. The van der Waals surface area contributed by atoms with Crippen LogP contribution in [0.15, 0.2) is 47.3 Å². The zero-order valence-electron chi connectivity index (χ0n) is 15.1. The topological polar surface area (TPSA) is 92.0 Å². The molecule has 2 aromatic carbocycles. The van der Waals surface area contributed by atoms with Crippen molar-refractivity contribution < 1.29 is 13.5 Å². The maximum absolute atomic E-state index is 15.1. The second kappa shape index (κ2) is 7.73. The van der Waals surface area contributed by atoms with Crippen LogP contribution in [0.3, 0.4) is 0 Å². The second-order valence-corrected chi connectivity index (χ2v) is 7.08. The Morgan fingerprint density at radius 2 is 2.03 bits per heavy atom. The lowest BCUT2D eigenvalue weighted by Crippen LogP contribution is -1.98. The molecule has 0 saturated carbocycles. The summed E-state index contributed by atoms with van der Waals surface area (Å²) >= 11 is 12.1. The van der Waals surface area contributed by atoms with Crippen molar-refractivity contribution in [3.8, 4) is 23.1 Å². The highest BCUT2D eigenvalue weighted by Crippen LogP contribution is 2.36. The molecule has 0 amide bonds. The second-order valence-electron chi connectivity index (χ2n) is 6.24. The van der Waals surface area contributed by atoms with Crippen LogP contribution in [-0.2, 0) is 13.5 Å². The number of anilines is 1. The maximum atomic E-state index is 15.1. The van der Waals surface area contributed by atoms with Gasteiger partial charge in [-0.1, -0.05) is 29.3 Å². The lowest BCUT2D eigenvalue weighted by atomic mass is 10.1. The van der Waals surface area contributed by atoms with Gasteiger partial charge in [-0.05, 0) is 18.2 Å². The minimum absolute atomic E-state index is 0.0574. The highest BCUT2D eigenvalue weighted by molar-refractivity contribution is 6.32. The molecule has 0 saturated heterocycles. The number of aryl methyl sites for hydroxylation is 1. The van der Waals surface area contributed by atoms with Crippen LogP contribution in [0.2, 0.25) is 10.0 Å². The van der Waals surface area contributed by atoms with Gasteiger partial charge in [0.1, 0.15) is 11.4 Å². The summed E-state index contributed by atoms with van der Waals surface area (Å²) in [6, 6.07) is 7.65. The molecule has 7 nitrogen and oxygen atoms in total. The first-order valence-electron chi connectivity index (χ1n) is 8.40. The predicted molar refractivity (Wildman–Crippen MR) is 107 cm³/mol. The van der Waals surface area contributed by atoms with Gasteiger partial charge in [-0.25, -0.2) is 9.37 Å². The van der Waals surface area contributed by atoms with E-state index in [4.69, 9.17) is 38.1 Å². The minimum atomic E-state index is -0.642. The van der Waals surface area contributed by atoms with Crippen molar-refractivity contribution in [3.63, 3.8) is 0 Å². The molecule has 0 unspecified atom stereocenters. The monoisotopic (exact) mass is 433 g/mol. The number of nitrogen functional groups attached to an aromatic ring is 1. The Balaban J connectivity index is 1.62. The van der Waals surface area contributed by atoms with Crippen LogP contribution in [0.4, 0.5) is 10.1 Å². The van der Waals surface area contributed by atoms with E-state index in [2.05, 4.69) is 15.2 Å². The molecule has 2 N–H and O–H groups in total. The zero-order chi connectivity index (χ0) is 20.5. The van der Waals surface area contributed by atoms with E-state index < -0.39 is 5.82 Å². The lowest BCUT2D eigenvalue weighted by Gasteiger charge is -2.12. The molecular weight excluding hydrogens is 420 g/mol. The fourth-order valence-electron chi connectivity index (χ4n) is 2.72. The largest absolute Gasteiger partial charge is 0.453 e. The Morgan fingerprint density at radius 1 is 1.21 bits per heavy atom. The summed E-state index contributed by atoms with van der Waals surface area (Å²) in [5, 5.41) is 8.43. The number of hydrogen-bond donors (Lipinski definition) is 1. The maximum Gasteiger partial charge on any atom is 0.265 e. The van der Waals surface area contributed by atoms with Crippen LogP contribution >= 0.6 is 23.2 Å². The van der Waals surface area contributed by atoms with Gasteiger partial charge in [0.05, 0.1) is 24.0 Å². The Labute approximate surface area is 174 Å². The van der Waals surface area contributed by atoms with Crippen LogP contribution in [0.1, 0.15) is 11.5 Å². The SMILES string of the molecule is Cn1cncc1-c1nnc(Cc2ccc(Cl)c(Oc3cc(N)cc(Cl)c3)c2F)o1. The Hall–Kier alpha value is -3.10. The summed E-state index contributed by atoms with van der Waals surface area (Å²) in [5.41, 5.74) is 7.07. The zero-order valence-corrected chi connectivity index (χ0v) is 16.6. The molecule has 0 aliphatic heterocycles. The number of nitrogens with two attached hydrogens (primary N) is 1. The Kier molecular flexibility index (Phi) is 5.12. The molecular formula is C19H14Cl2FN5O2. The molecule has 0 aliphatic rings. The molecule has 148 valence electrons. The van der Waals surface area contributed by atoms with Gasteiger partial charge in [-0.2, -0.15) is 0 Å². The van der Waals surface area contributed by atoms with Crippen LogP contribution in [-0.4, -0.2) is 19.7 Å². The van der Waals surface area contributed by atoms with E-state index in [0.29, 0.717) is 22.3 Å². The normalized spacial score (nSPS) is 11.0. The summed E-state index contributed by atoms with van der Waals surface area (Å²) in [6.45, 7) is 0. The molecule has 29 heavy (non-hydrogen) atoms. The molecule has 10 heteroatoms. The quantitative estimate of drug-likeness (QED) is 0.450. The standard InChI is InChI=1S/C19H14Cl2FN5O2/c1-27-9-24-8-15(27)19-26-25-16(29-19)4-10-2-3-14(21)18(17(10)22)28-13-6-11(20)5-12(23)7-13/h2-3,5-9H,4,23H2,1H3. The van der Waals surface area contributed by atoms with Crippen molar-refractivity contribution >= 4 is 28.9 Å². The smallest absolute Gasteiger partial charge is 0.265 e. The van der Waals surface area contributed by atoms with Gasteiger partial charge in [0.2, 0.25) is 5.89 Å². The molecule has 4 aromatic rings. The number of benzene rings is 2. The van der Waals surface area contributed by atoms with Crippen molar-refractivity contribution in [3.05, 3.63) is 70.2 Å². The van der Waals surface area contributed by atoms with Crippen molar-refractivity contribution in [2.75, 3.05) is 5.73 Å². The van der Waals surface area contributed by atoms with E-state index in [9.17, 15) is 0 Å². The number of rotatable bonds is 5. The first-order chi connectivity index (χ1) is 13.9. The van der Waals surface area contributed by atoms with E-state index >= 15 is 4.39 Å². The average Bonchev–Trinajstić information content (AvgIpc) is 3.29. The van der Waals surface area contributed by atoms with Crippen molar-refractivity contribution in [2.45, 2.75) is 6.42 Å². The number of hydrogen-bond acceptors (Lipinski definition) is 6.